The number of hydrogen-bond donors (Lipinski definition) is 2. The molecule has 2 N–H and O–H groups in total. The Morgan fingerprint density at radius 2 is 1.63 bits per heavy atom. The summed E-state index contributed by atoms with van der Waals surface area (Å²) in [7, 11) is 4.64. The molecular formula is C19H23NO6S. The van der Waals surface area contributed by atoms with Crippen molar-refractivity contribution in [3.8, 4) is 28.7 Å². The van der Waals surface area contributed by atoms with Crippen molar-refractivity contribution in [3.63, 3.8) is 0 Å². The van der Waals surface area contributed by atoms with Gasteiger partial charge in [0.25, 0.3) is 0 Å². The van der Waals surface area contributed by atoms with Crippen molar-refractivity contribution in [2.24, 2.45) is 5.92 Å². The van der Waals surface area contributed by atoms with Gasteiger partial charge in [0.05, 0.1) is 21.3 Å². The number of benzene rings is 2. The minimum atomic E-state index is -0.398. The molecule has 0 heterocycles. The largest absolute Gasteiger partial charge is 0.493 e. The molecule has 0 bridgehead atoms. The van der Waals surface area contributed by atoms with Gasteiger partial charge in [-0.05, 0) is 24.3 Å². The Morgan fingerprint density at radius 1 is 1.04 bits per heavy atom. The number of rotatable bonds is 9. The zero-order valence-electron chi connectivity index (χ0n) is 15.6. The van der Waals surface area contributed by atoms with Crippen LogP contribution in [0.15, 0.2) is 41.3 Å². The molecule has 1 atom stereocenters. The van der Waals surface area contributed by atoms with E-state index in [-0.39, 0.29) is 5.92 Å². The number of hydrogen-bond acceptors (Lipinski definition) is 7. The third kappa shape index (κ3) is 5.45. The third-order valence-corrected chi connectivity index (χ3v) is 5.03. The molecule has 0 spiro atoms. The first-order valence-electron chi connectivity index (χ1n) is 8.17. The van der Waals surface area contributed by atoms with Gasteiger partial charge in [-0.3, -0.25) is 10.0 Å². The molecule has 0 saturated carbocycles. The lowest BCUT2D eigenvalue weighted by molar-refractivity contribution is -0.132. The molecule has 2 aromatic rings. The van der Waals surface area contributed by atoms with Crippen LogP contribution in [-0.4, -0.2) is 38.2 Å². The van der Waals surface area contributed by atoms with E-state index in [9.17, 15) is 4.79 Å². The van der Waals surface area contributed by atoms with Crippen LogP contribution in [0.25, 0.3) is 0 Å². The van der Waals surface area contributed by atoms with Crippen molar-refractivity contribution in [1.29, 1.82) is 0 Å². The van der Waals surface area contributed by atoms with Crippen LogP contribution in [0.2, 0.25) is 0 Å². The first-order valence-corrected chi connectivity index (χ1v) is 9.15. The maximum Gasteiger partial charge on any atom is 0.247 e. The number of amides is 1. The van der Waals surface area contributed by atoms with Crippen molar-refractivity contribution in [2.75, 3.05) is 27.1 Å². The summed E-state index contributed by atoms with van der Waals surface area (Å²) in [6.45, 7) is 1.75. The lowest BCUT2D eigenvalue weighted by Crippen LogP contribution is -2.27. The van der Waals surface area contributed by atoms with Gasteiger partial charge >= 0.3 is 0 Å². The van der Waals surface area contributed by atoms with E-state index in [2.05, 4.69) is 0 Å². The first-order chi connectivity index (χ1) is 13.0. The maximum atomic E-state index is 11.3. The number of carbonyl (C=O) groups excluding carboxylic acids is 1. The molecule has 146 valence electrons. The van der Waals surface area contributed by atoms with Gasteiger partial charge in [0.1, 0.15) is 11.5 Å². The first kappa shape index (κ1) is 20.7. The van der Waals surface area contributed by atoms with E-state index in [1.54, 1.807) is 45.9 Å². The van der Waals surface area contributed by atoms with Crippen LogP contribution in [0.5, 0.6) is 28.7 Å². The standard InChI is InChI=1S/C19H23NO6S/c1-12(19(21)20-22)11-27-15-7-5-13(6-8-15)26-14-9-16(23-2)18(25-4)17(10-14)24-3/h5-10,12,22H,11H2,1-4H3,(H,20,21). The highest BCUT2D eigenvalue weighted by Gasteiger charge is 2.15. The van der Waals surface area contributed by atoms with E-state index >= 15 is 0 Å². The van der Waals surface area contributed by atoms with Crippen LogP contribution in [0.4, 0.5) is 0 Å². The highest BCUT2D eigenvalue weighted by atomic mass is 32.2. The van der Waals surface area contributed by atoms with E-state index in [1.807, 2.05) is 24.3 Å². The van der Waals surface area contributed by atoms with E-state index < -0.39 is 5.91 Å². The predicted molar refractivity (Wildman–Crippen MR) is 102 cm³/mol. The number of ether oxygens (including phenoxy) is 4. The average Bonchev–Trinajstić information content (AvgIpc) is 2.71. The molecule has 0 aliphatic heterocycles. The summed E-state index contributed by atoms with van der Waals surface area (Å²) in [4.78, 5) is 12.3. The normalized spacial score (nSPS) is 11.4. The molecule has 2 aromatic carbocycles. The molecule has 0 radical (unpaired) electrons. The van der Waals surface area contributed by atoms with Gasteiger partial charge in [-0.1, -0.05) is 6.92 Å². The molecule has 0 aromatic heterocycles. The third-order valence-electron chi connectivity index (χ3n) is 3.76. The number of nitrogens with one attached hydrogen (secondary N) is 1. The summed E-state index contributed by atoms with van der Waals surface area (Å²) in [6.07, 6.45) is 0. The van der Waals surface area contributed by atoms with Gasteiger partial charge in [0, 0.05) is 28.7 Å². The zero-order valence-corrected chi connectivity index (χ0v) is 16.5. The Bertz CT molecular complexity index is 740. The summed E-state index contributed by atoms with van der Waals surface area (Å²) in [5.41, 5.74) is 1.66. The monoisotopic (exact) mass is 393 g/mol. The molecule has 27 heavy (non-hydrogen) atoms. The quantitative estimate of drug-likeness (QED) is 0.381. The molecule has 1 unspecified atom stereocenters. The molecule has 2 rings (SSSR count). The van der Waals surface area contributed by atoms with Crippen LogP contribution in [0.1, 0.15) is 6.92 Å². The van der Waals surface area contributed by atoms with Crippen LogP contribution in [0, 0.1) is 5.92 Å². The lowest BCUT2D eigenvalue weighted by Gasteiger charge is -2.14. The van der Waals surface area contributed by atoms with E-state index in [0.29, 0.717) is 34.5 Å². The van der Waals surface area contributed by atoms with Gasteiger partial charge in [-0.15, -0.1) is 11.8 Å². The van der Waals surface area contributed by atoms with Crippen molar-refractivity contribution in [2.45, 2.75) is 11.8 Å². The summed E-state index contributed by atoms with van der Waals surface area (Å²) < 4.78 is 21.8. The molecule has 1 amide bonds. The fraction of sp³-hybridized carbons (Fsp3) is 0.316. The minimum Gasteiger partial charge on any atom is -0.493 e. The van der Waals surface area contributed by atoms with Gasteiger partial charge in [0.2, 0.25) is 11.7 Å². The number of carbonyl (C=O) groups is 1. The van der Waals surface area contributed by atoms with Crippen molar-refractivity contribution >= 4 is 17.7 Å². The number of thioether (sulfide) groups is 1. The molecule has 0 fully saturated rings. The molecular weight excluding hydrogens is 370 g/mol. The van der Waals surface area contributed by atoms with Crippen LogP contribution in [-0.2, 0) is 4.79 Å². The summed E-state index contributed by atoms with van der Waals surface area (Å²) >= 11 is 1.52. The average molecular weight is 393 g/mol. The number of hydroxylamine groups is 1. The van der Waals surface area contributed by atoms with E-state index in [0.717, 1.165) is 4.90 Å². The fourth-order valence-corrected chi connectivity index (χ4v) is 3.19. The SMILES string of the molecule is COc1cc(Oc2ccc(SCC(C)C(=O)NO)cc2)cc(OC)c1OC. The molecule has 7 nitrogen and oxygen atoms in total. The molecule has 8 heteroatoms. The summed E-state index contributed by atoms with van der Waals surface area (Å²) in [5.74, 6) is 2.58. The second-order valence-corrected chi connectivity index (χ2v) is 6.72. The zero-order chi connectivity index (χ0) is 19.8. The van der Waals surface area contributed by atoms with E-state index in [4.69, 9.17) is 24.2 Å². The predicted octanol–water partition coefficient (Wildman–Crippen LogP) is 3.74. The van der Waals surface area contributed by atoms with Crippen LogP contribution >= 0.6 is 11.8 Å². The van der Waals surface area contributed by atoms with Crippen molar-refractivity contribution < 1.29 is 28.9 Å². The summed E-state index contributed by atoms with van der Waals surface area (Å²) in [5, 5.41) is 8.64. The van der Waals surface area contributed by atoms with Crippen LogP contribution < -0.4 is 24.4 Å². The maximum absolute atomic E-state index is 11.3. The van der Waals surface area contributed by atoms with Crippen molar-refractivity contribution in [3.05, 3.63) is 36.4 Å². The van der Waals surface area contributed by atoms with Gasteiger partial charge < -0.3 is 18.9 Å². The second-order valence-electron chi connectivity index (χ2n) is 5.62. The Balaban J connectivity index is 2.07. The van der Waals surface area contributed by atoms with Crippen LogP contribution in [0.3, 0.4) is 0 Å². The Hall–Kier alpha value is -2.58. The Kier molecular flexibility index (Phi) is 7.63. The highest BCUT2D eigenvalue weighted by Crippen LogP contribution is 2.42. The second kappa shape index (κ2) is 9.94. The topological polar surface area (TPSA) is 86.3 Å². The Morgan fingerprint density at radius 3 is 2.11 bits per heavy atom. The van der Waals surface area contributed by atoms with Gasteiger partial charge in [-0.25, -0.2) is 5.48 Å². The minimum absolute atomic E-state index is 0.296. The van der Waals surface area contributed by atoms with E-state index in [1.165, 1.54) is 11.8 Å². The van der Waals surface area contributed by atoms with Gasteiger partial charge in [-0.2, -0.15) is 0 Å². The Labute approximate surface area is 162 Å². The smallest absolute Gasteiger partial charge is 0.247 e. The summed E-state index contributed by atoms with van der Waals surface area (Å²) in [6, 6.07) is 10.9. The molecule has 0 saturated heterocycles. The van der Waals surface area contributed by atoms with Crippen molar-refractivity contribution in [1.82, 2.24) is 5.48 Å². The van der Waals surface area contributed by atoms with Gasteiger partial charge in [0.15, 0.2) is 11.5 Å². The number of methoxy groups -OCH3 is 3. The molecule has 0 aliphatic rings. The highest BCUT2D eigenvalue weighted by molar-refractivity contribution is 7.99. The molecule has 0 aliphatic carbocycles. The fourth-order valence-electron chi connectivity index (χ4n) is 2.26. The lowest BCUT2D eigenvalue weighted by atomic mass is 10.2.